The van der Waals surface area contributed by atoms with Crippen molar-refractivity contribution in [1.29, 1.82) is 5.26 Å². The Balaban J connectivity index is 1.69. The predicted molar refractivity (Wildman–Crippen MR) is 121 cm³/mol. The topological polar surface area (TPSA) is 98.1 Å². The summed E-state index contributed by atoms with van der Waals surface area (Å²) in [5.41, 5.74) is 2.77. The van der Waals surface area contributed by atoms with E-state index in [-0.39, 0.29) is 11.3 Å². The summed E-state index contributed by atoms with van der Waals surface area (Å²) in [6.45, 7) is 2.63. The molecule has 1 amide bonds. The number of hydrogen-bond donors (Lipinski definition) is 3. The number of benzene rings is 2. The number of ether oxygens (including phenoxy) is 1. The number of phenolic OH excluding ortho intramolecular Hbond substituents is 1. The molecular formula is C22H20IN3O3. The van der Waals surface area contributed by atoms with Gasteiger partial charge in [0.05, 0.1) is 10.2 Å². The van der Waals surface area contributed by atoms with Crippen LogP contribution >= 0.6 is 22.6 Å². The maximum atomic E-state index is 12.4. The Hall–Kier alpha value is -2.99. The van der Waals surface area contributed by atoms with Crippen LogP contribution in [0.15, 0.2) is 48.2 Å². The van der Waals surface area contributed by atoms with Crippen molar-refractivity contribution in [3.8, 4) is 17.6 Å². The molecule has 1 aromatic heterocycles. The lowest BCUT2D eigenvalue weighted by Gasteiger charge is -2.09. The minimum Gasteiger partial charge on any atom is -0.504 e. The van der Waals surface area contributed by atoms with Crippen LogP contribution in [0.5, 0.6) is 11.5 Å². The van der Waals surface area contributed by atoms with Gasteiger partial charge in [-0.15, -0.1) is 0 Å². The van der Waals surface area contributed by atoms with Gasteiger partial charge in [0.2, 0.25) is 0 Å². The number of carbonyl (C=O) groups excluding carboxylic acids is 1. The number of aromatic hydroxyl groups is 1. The summed E-state index contributed by atoms with van der Waals surface area (Å²) >= 11 is 1.98. The van der Waals surface area contributed by atoms with Crippen molar-refractivity contribution in [2.24, 2.45) is 0 Å². The van der Waals surface area contributed by atoms with Crippen molar-refractivity contribution in [2.75, 3.05) is 13.2 Å². The Morgan fingerprint density at radius 3 is 2.93 bits per heavy atom. The first-order chi connectivity index (χ1) is 14.0. The number of para-hydroxylation sites is 1. The maximum absolute atomic E-state index is 12.4. The van der Waals surface area contributed by atoms with Gasteiger partial charge in [0.15, 0.2) is 11.5 Å². The van der Waals surface area contributed by atoms with Gasteiger partial charge in [-0.05, 0) is 71.3 Å². The van der Waals surface area contributed by atoms with Crippen molar-refractivity contribution < 1.29 is 14.6 Å². The monoisotopic (exact) mass is 501 g/mol. The first-order valence-corrected chi connectivity index (χ1v) is 10.2. The molecular weight excluding hydrogens is 481 g/mol. The number of halogens is 1. The number of hydrogen-bond acceptors (Lipinski definition) is 4. The normalized spacial score (nSPS) is 11.3. The highest BCUT2D eigenvalue weighted by atomic mass is 127. The van der Waals surface area contributed by atoms with Crippen molar-refractivity contribution in [3.05, 3.63) is 62.9 Å². The summed E-state index contributed by atoms with van der Waals surface area (Å²) < 4.78 is 5.99. The lowest BCUT2D eigenvalue weighted by atomic mass is 10.1. The molecule has 0 saturated carbocycles. The fraction of sp³-hybridized carbons (Fsp3) is 0.182. The number of H-pyrrole nitrogens is 1. The van der Waals surface area contributed by atoms with Gasteiger partial charge in [0.1, 0.15) is 11.6 Å². The number of rotatable bonds is 7. The van der Waals surface area contributed by atoms with Crippen LogP contribution in [0.1, 0.15) is 18.1 Å². The average molecular weight is 501 g/mol. The standard InChI is InChI=1S/C22H20IN3O3/c1-2-29-20-11-14(10-18(23)21(20)27)9-16(12-24)22(28)25-8-7-15-13-26-19-6-4-3-5-17(15)19/h3-6,9-11,13,26-27H,2,7-8H2,1H3,(H,25,28)/b16-9-. The highest BCUT2D eigenvalue weighted by Gasteiger charge is 2.12. The molecule has 1 heterocycles. The Morgan fingerprint density at radius 1 is 1.38 bits per heavy atom. The van der Waals surface area contributed by atoms with Crippen LogP contribution in [-0.4, -0.2) is 29.1 Å². The molecule has 29 heavy (non-hydrogen) atoms. The van der Waals surface area contributed by atoms with Gasteiger partial charge in [-0.25, -0.2) is 0 Å². The number of aromatic amines is 1. The summed E-state index contributed by atoms with van der Waals surface area (Å²) in [5, 5.41) is 23.4. The van der Waals surface area contributed by atoms with E-state index in [0.717, 1.165) is 16.5 Å². The number of aromatic nitrogens is 1. The fourth-order valence-electron chi connectivity index (χ4n) is 3.00. The van der Waals surface area contributed by atoms with Gasteiger partial charge in [-0.2, -0.15) is 5.26 Å². The number of nitrogens with zero attached hydrogens (tertiary/aromatic N) is 1. The molecule has 7 heteroatoms. The second kappa shape index (κ2) is 9.47. The SMILES string of the molecule is CCOc1cc(/C=C(/C#N)C(=O)NCCc2c[nH]c3ccccc23)cc(I)c1O. The lowest BCUT2D eigenvalue weighted by molar-refractivity contribution is -0.117. The molecule has 3 rings (SSSR count). The zero-order chi connectivity index (χ0) is 20.8. The molecule has 6 nitrogen and oxygen atoms in total. The van der Waals surface area contributed by atoms with E-state index in [1.165, 1.54) is 6.08 Å². The third kappa shape index (κ3) is 4.90. The lowest BCUT2D eigenvalue weighted by Crippen LogP contribution is -2.26. The Kier molecular flexibility index (Phi) is 6.77. The molecule has 0 aliphatic carbocycles. The molecule has 0 fully saturated rings. The number of amides is 1. The molecule has 0 bridgehead atoms. The molecule has 3 N–H and O–H groups in total. The summed E-state index contributed by atoms with van der Waals surface area (Å²) in [4.78, 5) is 15.6. The van der Waals surface area contributed by atoms with Gasteiger partial charge in [0.25, 0.3) is 5.91 Å². The third-order valence-corrected chi connectivity index (χ3v) is 5.20. The number of nitriles is 1. The number of nitrogens with one attached hydrogen (secondary N) is 2. The van der Waals surface area contributed by atoms with Crippen LogP contribution in [0, 0.1) is 14.9 Å². The number of fused-ring (bicyclic) bond motifs is 1. The van der Waals surface area contributed by atoms with Gasteiger partial charge >= 0.3 is 0 Å². The Labute approximate surface area is 182 Å². The van der Waals surface area contributed by atoms with Crippen LogP contribution in [-0.2, 0) is 11.2 Å². The number of carbonyl (C=O) groups is 1. The molecule has 148 valence electrons. The predicted octanol–water partition coefficient (Wildman–Crippen LogP) is 4.14. The minimum absolute atomic E-state index is 0.00661. The van der Waals surface area contributed by atoms with E-state index in [4.69, 9.17) is 4.74 Å². The minimum atomic E-state index is -0.437. The van der Waals surface area contributed by atoms with Gasteiger partial charge in [-0.3, -0.25) is 4.79 Å². The second-order valence-electron chi connectivity index (χ2n) is 6.32. The van der Waals surface area contributed by atoms with Crippen LogP contribution < -0.4 is 10.1 Å². The summed E-state index contributed by atoms with van der Waals surface area (Å²) in [6.07, 6.45) is 4.08. The summed E-state index contributed by atoms with van der Waals surface area (Å²) in [7, 11) is 0. The van der Waals surface area contributed by atoms with Crippen molar-refractivity contribution in [2.45, 2.75) is 13.3 Å². The zero-order valence-electron chi connectivity index (χ0n) is 15.8. The van der Waals surface area contributed by atoms with Crippen LogP contribution in [0.3, 0.4) is 0 Å². The van der Waals surface area contributed by atoms with Gasteiger partial charge in [0, 0.05) is 23.6 Å². The van der Waals surface area contributed by atoms with Crippen LogP contribution in [0.25, 0.3) is 17.0 Å². The first-order valence-electron chi connectivity index (χ1n) is 9.13. The number of phenols is 1. The van der Waals surface area contributed by atoms with Crippen molar-refractivity contribution in [1.82, 2.24) is 10.3 Å². The van der Waals surface area contributed by atoms with Crippen LogP contribution in [0.2, 0.25) is 0 Å². The third-order valence-electron chi connectivity index (χ3n) is 4.38. The molecule has 0 aliphatic heterocycles. The first kappa shape index (κ1) is 20.7. The van der Waals surface area contributed by atoms with E-state index in [9.17, 15) is 15.2 Å². The van der Waals surface area contributed by atoms with E-state index in [2.05, 4.69) is 10.3 Å². The zero-order valence-corrected chi connectivity index (χ0v) is 18.0. The molecule has 3 aromatic rings. The highest BCUT2D eigenvalue weighted by molar-refractivity contribution is 14.1. The van der Waals surface area contributed by atoms with E-state index >= 15 is 0 Å². The van der Waals surface area contributed by atoms with Crippen molar-refractivity contribution in [3.63, 3.8) is 0 Å². The molecule has 0 atom stereocenters. The van der Waals surface area contributed by atoms with Gasteiger partial charge in [-0.1, -0.05) is 18.2 Å². The van der Waals surface area contributed by atoms with Gasteiger partial charge < -0.3 is 20.1 Å². The molecule has 2 aromatic carbocycles. The van der Waals surface area contributed by atoms with E-state index in [1.54, 1.807) is 12.1 Å². The smallest absolute Gasteiger partial charge is 0.261 e. The molecule has 0 radical (unpaired) electrons. The highest BCUT2D eigenvalue weighted by Crippen LogP contribution is 2.33. The van der Waals surface area contributed by atoms with Crippen LogP contribution in [0.4, 0.5) is 0 Å². The van der Waals surface area contributed by atoms with E-state index in [1.807, 2.05) is 66.0 Å². The van der Waals surface area contributed by atoms with E-state index < -0.39 is 5.91 Å². The molecule has 0 spiro atoms. The maximum Gasteiger partial charge on any atom is 0.261 e. The largest absolute Gasteiger partial charge is 0.504 e. The molecule has 0 unspecified atom stereocenters. The second-order valence-corrected chi connectivity index (χ2v) is 7.48. The molecule has 0 aliphatic rings. The summed E-state index contributed by atoms with van der Waals surface area (Å²) in [6, 6.07) is 13.2. The summed E-state index contributed by atoms with van der Waals surface area (Å²) in [5.74, 6) is -0.0673. The Morgan fingerprint density at radius 2 is 2.17 bits per heavy atom. The fourth-order valence-corrected chi connectivity index (χ4v) is 3.63. The Bertz CT molecular complexity index is 1110. The quantitative estimate of drug-likeness (QED) is 0.258. The van der Waals surface area contributed by atoms with Crippen molar-refractivity contribution >= 4 is 45.5 Å². The van der Waals surface area contributed by atoms with E-state index in [0.29, 0.717) is 34.5 Å². The average Bonchev–Trinajstić information content (AvgIpc) is 3.13. The molecule has 0 saturated heterocycles.